The van der Waals surface area contributed by atoms with Crippen LogP contribution in [-0.2, 0) is 14.6 Å². The van der Waals surface area contributed by atoms with Gasteiger partial charge in [0.25, 0.3) is 11.5 Å². The summed E-state index contributed by atoms with van der Waals surface area (Å²) in [6.45, 7) is 2.72. The molecule has 2 saturated heterocycles. The van der Waals surface area contributed by atoms with Crippen molar-refractivity contribution >= 4 is 61.6 Å². The van der Waals surface area contributed by atoms with Gasteiger partial charge in [0.2, 0.25) is 0 Å². The summed E-state index contributed by atoms with van der Waals surface area (Å²) in [6.07, 6.45) is 5.41. The number of fused-ring (bicyclic) bond motifs is 1. The zero-order valence-electron chi connectivity index (χ0n) is 16.9. The summed E-state index contributed by atoms with van der Waals surface area (Å²) in [5.74, 6) is 0.0129. The second-order valence-electron chi connectivity index (χ2n) is 7.50. The number of anilines is 1. The van der Waals surface area contributed by atoms with Gasteiger partial charge < -0.3 is 5.32 Å². The van der Waals surface area contributed by atoms with Crippen molar-refractivity contribution in [3.8, 4) is 0 Å². The lowest BCUT2D eigenvalue weighted by molar-refractivity contribution is -0.123. The number of hydrogen-bond donors (Lipinski definition) is 1. The number of carbonyl (C=O) groups excluding carboxylic acids is 1. The lowest BCUT2D eigenvalue weighted by Gasteiger charge is -2.20. The summed E-state index contributed by atoms with van der Waals surface area (Å²) in [6, 6.07) is 4.83. The topological polar surface area (TPSA) is 101 Å². The molecule has 0 radical (unpaired) electrons. The van der Waals surface area contributed by atoms with Crippen molar-refractivity contribution in [2.45, 2.75) is 32.2 Å². The first-order valence-electron chi connectivity index (χ1n) is 10.0. The molecule has 1 atom stereocenters. The monoisotopic (exact) mass is 478 g/mol. The molecule has 2 fully saturated rings. The summed E-state index contributed by atoms with van der Waals surface area (Å²) in [5.41, 5.74) is 0.491. The smallest absolute Gasteiger partial charge is 0.267 e. The van der Waals surface area contributed by atoms with E-state index in [0.717, 1.165) is 24.6 Å². The number of carbonyl (C=O) groups is 1. The summed E-state index contributed by atoms with van der Waals surface area (Å²) in [5, 5.41) is 3.21. The molecule has 2 aromatic heterocycles. The zero-order valence-corrected chi connectivity index (χ0v) is 19.4. The van der Waals surface area contributed by atoms with Gasteiger partial charge in [-0.15, -0.1) is 0 Å². The molecule has 0 aromatic carbocycles. The number of sulfone groups is 1. The van der Waals surface area contributed by atoms with Gasteiger partial charge >= 0.3 is 0 Å². The average Bonchev–Trinajstić information content (AvgIpc) is 3.22. The lowest BCUT2D eigenvalue weighted by atomic mass is 10.2. The number of aromatic nitrogens is 2. The molecule has 31 heavy (non-hydrogen) atoms. The van der Waals surface area contributed by atoms with Crippen LogP contribution >= 0.6 is 24.0 Å². The SMILES string of the molecule is CCCCNc1nc2ccccn2c(=O)c1/C=C1\SC(=S)N([C@H]2CCS(=O)(=O)C2)C1=O. The van der Waals surface area contributed by atoms with Crippen LogP contribution in [0.3, 0.4) is 0 Å². The normalized spacial score (nSPS) is 22.0. The van der Waals surface area contributed by atoms with Crippen LogP contribution in [0.25, 0.3) is 11.7 Å². The summed E-state index contributed by atoms with van der Waals surface area (Å²) in [7, 11) is -3.16. The van der Waals surface area contributed by atoms with Crippen LogP contribution in [0.5, 0.6) is 0 Å². The molecular weight excluding hydrogens is 456 g/mol. The number of thioether (sulfide) groups is 1. The lowest BCUT2D eigenvalue weighted by Crippen LogP contribution is -2.39. The Bertz CT molecular complexity index is 1250. The van der Waals surface area contributed by atoms with Crippen molar-refractivity contribution in [2.75, 3.05) is 23.4 Å². The number of hydrogen-bond acceptors (Lipinski definition) is 8. The van der Waals surface area contributed by atoms with Crippen molar-refractivity contribution in [1.82, 2.24) is 14.3 Å². The summed E-state index contributed by atoms with van der Waals surface area (Å²) < 4.78 is 25.5. The fraction of sp³-hybridized carbons (Fsp3) is 0.400. The number of rotatable bonds is 6. The average molecular weight is 479 g/mol. The Balaban J connectivity index is 1.73. The van der Waals surface area contributed by atoms with E-state index in [0.29, 0.717) is 33.7 Å². The predicted molar refractivity (Wildman–Crippen MR) is 127 cm³/mol. The minimum absolute atomic E-state index is 0.0508. The number of nitrogens with one attached hydrogen (secondary N) is 1. The van der Waals surface area contributed by atoms with E-state index < -0.39 is 15.9 Å². The Morgan fingerprint density at radius 2 is 2.16 bits per heavy atom. The molecule has 1 N–H and O–H groups in total. The molecule has 4 rings (SSSR count). The van der Waals surface area contributed by atoms with E-state index in [2.05, 4.69) is 17.2 Å². The Kier molecular flexibility index (Phi) is 6.18. The first kappa shape index (κ1) is 22.0. The van der Waals surface area contributed by atoms with Gasteiger partial charge in [0, 0.05) is 12.7 Å². The third-order valence-corrected chi connectivity index (χ3v) is 8.35. The van der Waals surface area contributed by atoms with Gasteiger partial charge in [0.1, 0.15) is 15.8 Å². The van der Waals surface area contributed by atoms with E-state index in [1.165, 1.54) is 15.4 Å². The number of unbranched alkanes of at least 4 members (excludes halogenated alkanes) is 1. The highest BCUT2D eigenvalue weighted by Crippen LogP contribution is 2.36. The maximum Gasteiger partial charge on any atom is 0.267 e. The van der Waals surface area contributed by atoms with Crippen molar-refractivity contribution in [1.29, 1.82) is 0 Å². The summed E-state index contributed by atoms with van der Waals surface area (Å²) >= 11 is 6.45. The minimum Gasteiger partial charge on any atom is -0.369 e. The molecule has 0 unspecified atom stereocenters. The van der Waals surface area contributed by atoms with Gasteiger partial charge in [0.15, 0.2) is 9.84 Å². The molecule has 0 saturated carbocycles. The van der Waals surface area contributed by atoms with Crippen molar-refractivity contribution < 1.29 is 13.2 Å². The minimum atomic E-state index is -3.16. The van der Waals surface area contributed by atoms with Crippen LogP contribution in [0.4, 0.5) is 5.82 Å². The molecule has 164 valence electrons. The zero-order chi connectivity index (χ0) is 22.2. The second kappa shape index (κ2) is 8.71. The molecule has 2 aliphatic rings. The fourth-order valence-corrected chi connectivity index (χ4v) is 6.74. The van der Waals surface area contributed by atoms with E-state index in [-0.39, 0.29) is 28.5 Å². The highest BCUT2D eigenvalue weighted by atomic mass is 32.2. The van der Waals surface area contributed by atoms with E-state index in [9.17, 15) is 18.0 Å². The molecule has 2 aliphatic heterocycles. The first-order chi connectivity index (χ1) is 14.8. The Morgan fingerprint density at radius 3 is 2.87 bits per heavy atom. The maximum atomic E-state index is 13.2. The van der Waals surface area contributed by atoms with Crippen molar-refractivity contribution in [3.05, 3.63) is 45.2 Å². The Hall–Kier alpha value is -2.24. The Morgan fingerprint density at radius 1 is 1.35 bits per heavy atom. The molecule has 1 amide bonds. The summed E-state index contributed by atoms with van der Waals surface area (Å²) in [4.78, 5) is 32.5. The van der Waals surface area contributed by atoms with E-state index in [1.807, 2.05) is 0 Å². The molecule has 0 aliphatic carbocycles. The molecule has 0 spiro atoms. The van der Waals surface area contributed by atoms with Crippen molar-refractivity contribution in [3.63, 3.8) is 0 Å². The van der Waals surface area contributed by atoms with Gasteiger partial charge in [-0.05, 0) is 31.1 Å². The van der Waals surface area contributed by atoms with Gasteiger partial charge in [-0.25, -0.2) is 13.4 Å². The molecule has 2 aromatic rings. The number of nitrogens with zero attached hydrogens (tertiary/aromatic N) is 3. The number of pyridine rings is 1. The first-order valence-corrected chi connectivity index (χ1v) is 13.1. The third kappa shape index (κ3) is 4.39. The highest BCUT2D eigenvalue weighted by molar-refractivity contribution is 8.26. The number of amides is 1. The van der Waals surface area contributed by atoms with Crippen molar-refractivity contribution in [2.24, 2.45) is 0 Å². The highest BCUT2D eigenvalue weighted by Gasteiger charge is 2.42. The van der Waals surface area contributed by atoms with Crippen LogP contribution in [0, 0.1) is 0 Å². The standard InChI is InChI=1S/C20H22N4O4S3/c1-2-3-8-21-17-14(18(25)23-9-5-4-6-16(23)22-17)11-15-19(26)24(20(29)30-15)13-7-10-31(27,28)12-13/h4-6,9,11,13,21H,2-3,7-8,10,12H2,1H3/b15-11-/t13-/m0/s1. The molecular formula is C20H22N4O4S3. The van der Waals surface area contributed by atoms with E-state index >= 15 is 0 Å². The van der Waals surface area contributed by atoms with Crippen LogP contribution < -0.4 is 10.9 Å². The molecule has 4 heterocycles. The fourth-order valence-electron chi connectivity index (χ4n) is 3.66. The van der Waals surface area contributed by atoms with Gasteiger partial charge in [-0.3, -0.25) is 18.9 Å². The van der Waals surface area contributed by atoms with Crippen LogP contribution in [0.15, 0.2) is 34.1 Å². The molecule has 8 nitrogen and oxygen atoms in total. The van der Waals surface area contributed by atoms with Crippen LogP contribution in [0.2, 0.25) is 0 Å². The quantitative estimate of drug-likeness (QED) is 0.383. The molecule has 11 heteroatoms. The van der Waals surface area contributed by atoms with E-state index in [4.69, 9.17) is 12.2 Å². The van der Waals surface area contributed by atoms with Gasteiger partial charge in [-0.2, -0.15) is 0 Å². The molecule has 0 bridgehead atoms. The number of thiocarbonyl (C=S) groups is 1. The third-order valence-electron chi connectivity index (χ3n) is 5.26. The van der Waals surface area contributed by atoms with E-state index in [1.54, 1.807) is 24.4 Å². The Labute approximate surface area is 189 Å². The van der Waals surface area contributed by atoms with Crippen LogP contribution in [0.1, 0.15) is 31.7 Å². The van der Waals surface area contributed by atoms with Crippen LogP contribution in [-0.4, -0.2) is 57.0 Å². The second-order valence-corrected chi connectivity index (χ2v) is 11.4. The predicted octanol–water partition coefficient (Wildman–Crippen LogP) is 2.29. The van der Waals surface area contributed by atoms with Gasteiger partial charge in [0.05, 0.1) is 28.0 Å². The maximum absolute atomic E-state index is 13.2. The largest absolute Gasteiger partial charge is 0.369 e. The van der Waals surface area contributed by atoms with Gasteiger partial charge in [-0.1, -0.05) is 43.4 Å².